The first-order valence-corrected chi connectivity index (χ1v) is 16.1. The number of imidazole rings is 1. The van der Waals surface area contributed by atoms with Gasteiger partial charge >= 0.3 is 0 Å². The second kappa shape index (κ2) is 15.4. The molecular weight excluding hydrogens is 640 g/mol. The van der Waals surface area contributed by atoms with E-state index >= 15 is 0 Å². The number of rotatable bonds is 8. The standard InChI is InChI=1S/C21H17N3O.C20H17N3O3/c1-15-11-12-17(24-14-22-18-9-5-6-10-20(18)24)13-19(15)23-21(25)16-7-3-2-4-8-16;1-14-11-12-16(21-17-9-5-6-10-19(17)23(25)26)13-18(14)22-20(24)15-7-3-2-4-8-15/h2-14H,1H3,(H,23,25);2-13,21H,1H3,(H,22,24). The Morgan fingerprint density at radius 2 is 1.18 bits per heavy atom. The molecule has 0 aliphatic carbocycles. The predicted molar refractivity (Wildman–Crippen MR) is 202 cm³/mol. The van der Waals surface area contributed by atoms with Crippen molar-refractivity contribution >= 4 is 51.3 Å². The normalized spacial score (nSPS) is 10.5. The quantitative estimate of drug-likeness (QED) is 0.109. The maximum atomic E-state index is 12.4. The number of hydrogen-bond acceptors (Lipinski definition) is 6. The van der Waals surface area contributed by atoms with Gasteiger partial charge in [-0.15, -0.1) is 0 Å². The number of nitro groups is 1. The van der Waals surface area contributed by atoms with Crippen LogP contribution in [0.3, 0.4) is 0 Å². The Bertz CT molecular complexity index is 2340. The predicted octanol–water partition coefficient (Wildman–Crippen LogP) is 9.49. The number of nitrogens with zero attached hydrogens (tertiary/aromatic N) is 3. The molecule has 10 heteroatoms. The first kappa shape index (κ1) is 33.8. The van der Waals surface area contributed by atoms with Gasteiger partial charge in [-0.2, -0.15) is 0 Å². The third-order valence-electron chi connectivity index (χ3n) is 8.14. The molecule has 0 fully saturated rings. The third kappa shape index (κ3) is 8.15. The Kier molecular flexibility index (Phi) is 10.2. The SMILES string of the molecule is Cc1ccc(-n2cnc3ccccc32)cc1NC(=O)c1ccccc1.Cc1ccc(Nc2ccccc2[N+](=O)[O-])cc1NC(=O)c1ccccc1. The van der Waals surface area contributed by atoms with Gasteiger partial charge in [-0.1, -0.05) is 72.8 Å². The zero-order valence-electron chi connectivity index (χ0n) is 27.9. The molecule has 0 spiro atoms. The molecule has 7 rings (SSSR count). The summed E-state index contributed by atoms with van der Waals surface area (Å²) in [5, 5.41) is 20.1. The highest BCUT2D eigenvalue weighted by atomic mass is 16.6. The van der Waals surface area contributed by atoms with Gasteiger partial charge in [-0.25, -0.2) is 4.98 Å². The second-order valence-electron chi connectivity index (χ2n) is 11.7. The third-order valence-corrected chi connectivity index (χ3v) is 8.14. The van der Waals surface area contributed by atoms with Crippen LogP contribution in [0.5, 0.6) is 0 Å². The van der Waals surface area contributed by atoms with Crippen LogP contribution >= 0.6 is 0 Å². The van der Waals surface area contributed by atoms with E-state index in [9.17, 15) is 19.7 Å². The highest BCUT2D eigenvalue weighted by Gasteiger charge is 2.14. The van der Waals surface area contributed by atoms with E-state index < -0.39 is 4.92 Å². The molecule has 0 unspecified atom stereocenters. The molecule has 2 amide bonds. The minimum absolute atomic E-state index is 0.0112. The number of para-hydroxylation sites is 4. The first-order valence-electron chi connectivity index (χ1n) is 16.1. The summed E-state index contributed by atoms with van der Waals surface area (Å²) < 4.78 is 2.02. The zero-order valence-corrected chi connectivity index (χ0v) is 27.9. The molecule has 0 bridgehead atoms. The van der Waals surface area contributed by atoms with E-state index in [0.29, 0.717) is 28.2 Å². The number of nitrogens with one attached hydrogen (secondary N) is 3. The van der Waals surface area contributed by atoms with Crippen LogP contribution in [-0.2, 0) is 0 Å². The van der Waals surface area contributed by atoms with Crippen LogP contribution in [0.25, 0.3) is 16.7 Å². The Balaban J connectivity index is 0.000000176. The van der Waals surface area contributed by atoms with E-state index in [1.165, 1.54) is 6.07 Å². The van der Waals surface area contributed by atoms with Gasteiger partial charge in [0.1, 0.15) is 12.0 Å². The van der Waals surface area contributed by atoms with Crippen LogP contribution in [0.4, 0.5) is 28.4 Å². The van der Waals surface area contributed by atoms with E-state index in [2.05, 4.69) is 20.9 Å². The molecule has 252 valence electrons. The Morgan fingerprint density at radius 3 is 1.82 bits per heavy atom. The van der Waals surface area contributed by atoms with Gasteiger partial charge in [0.25, 0.3) is 17.5 Å². The number of benzene rings is 6. The van der Waals surface area contributed by atoms with Crippen molar-refractivity contribution in [3.63, 3.8) is 0 Å². The van der Waals surface area contributed by atoms with Gasteiger partial charge in [-0.05, 0) is 91.7 Å². The summed E-state index contributed by atoms with van der Waals surface area (Å²) in [7, 11) is 0. The topological polar surface area (TPSA) is 131 Å². The van der Waals surface area contributed by atoms with Gasteiger partial charge in [0.05, 0.1) is 16.0 Å². The molecule has 1 aromatic heterocycles. The van der Waals surface area contributed by atoms with E-state index in [1.54, 1.807) is 67.0 Å². The fourth-order valence-electron chi connectivity index (χ4n) is 5.36. The molecule has 0 radical (unpaired) electrons. The highest BCUT2D eigenvalue weighted by molar-refractivity contribution is 6.05. The lowest BCUT2D eigenvalue weighted by molar-refractivity contribution is -0.383. The largest absolute Gasteiger partial charge is 0.350 e. The van der Waals surface area contributed by atoms with Crippen LogP contribution in [0.15, 0.2) is 152 Å². The van der Waals surface area contributed by atoms with Gasteiger partial charge in [0.2, 0.25) is 0 Å². The van der Waals surface area contributed by atoms with Crippen molar-refractivity contribution in [2.24, 2.45) is 0 Å². The molecule has 3 N–H and O–H groups in total. The lowest BCUT2D eigenvalue weighted by Crippen LogP contribution is -2.13. The summed E-state index contributed by atoms with van der Waals surface area (Å²) in [4.78, 5) is 39.9. The zero-order chi connectivity index (χ0) is 35.7. The summed E-state index contributed by atoms with van der Waals surface area (Å²) in [6.07, 6.45) is 1.80. The Labute approximate surface area is 294 Å². The van der Waals surface area contributed by atoms with Crippen LogP contribution in [-0.4, -0.2) is 26.3 Å². The summed E-state index contributed by atoms with van der Waals surface area (Å²) in [6.45, 7) is 3.87. The number of anilines is 4. The first-order chi connectivity index (χ1) is 24.8. The minimum Gasteiger partial charge on any atom is -0.350 e. The van der Waals surface area contributed by atoms with Gasteiger partial charge in [0, 0.05) is 39.9 Å². The summed E-state index contributed by atoms with van der Waals surface area (Å²) in [6, 6.07) is 44.0. The van der Waals surface area contributed by atoms with E-state index in [4.69, 9.17) is 0 Å². The molecule has 0 aliphatic rings. The number of carbonyl (C=O) groups excluding carboxylic acids is 2. The summed E-state index contributed by atoms with van der Waals surface area (Å²) >= 11 is 0. The van der Waals surface area contributed by atoms with E-state index in [0.717, 1.165) is 33.5 Å². The van der Waals surface area contributed by atoms with Crippen LogP contribution < -0.4 is 16.0 Å². The lowest BCUT2D eigenvalue weighted by atomic mass is 10.1. The van der Waals surface area contributed by atoms with Gasteiger partial charge < -0.3 is 16.0 Å². The monoisotopic (exact) mass is 674 g/mol. The molecule has 0 saturated heterocycles. The Hall–Kier alpha value is -7.07. The van der Waals surface area contributed by atoms with Gasteiger partial charge in [-0.3, -0.25) is 24.3 Å². The van der Waals surface area contributed by atoms with Crippen LogP contribution in [0, 0.1) is 24.0 Å². The number of fused-ring (bicyclic) bond motifs is 1. The number of carbonyl (C=O) groups is 2. The van der Waals surface area contributed by atoms with Crippen molar-refractivity contribution in [1.82, 2.24) is 9.55 Å². The number of amides is 2. The van der Waals surface area contributed by atoms with Crippen molar-refractivity contribution in [1.29, 1.82) is 0 Å². The second-order valence-corrected chi connectivity index (χ2v) is 11.7. The highest BCUT2D eigenvalue weighted by Crippen LogP contribution is 2.29. The van der Waals surface area contributed by atoms with Crippen molar-refractivity contribution in [2.75, 3.05) is 16.0 Å². The van der Waals surface area contributed by atoms with Crippen molar-refractivity contribution in [3.05, 3.63) is 184 Å². The van der Waals surface area contributed by atoms with Crippen molar-refractivity contribution in [2.45, 2.75) is 13.8 Å². The van der Waals surface area contributed by atoms with Crippen LogP contribution in [0.1, 0.15) is 31.8 Å². The average Bonchev–Trinajstić information content (AvgIpc) is 3.59. The van der Waals surface area contributed by atoms with E-state index in [-0.39, 0.29) is 17.5 Å². The molecule has 0 aliphatic heterocycles. The molecule has 51 heavy (non-hydrogen) atoms. The molecule has 10 nitrogen and oxygen atoms in total. The smallest absolute Gasteiger partial charge is 0.292 e. The maximum Gasteiger partial charge on any atom is 0.292 e. The maximum absolute atomic E-state index is 12.4. The van der Waals surface area contributed by atoms with Crippen LogP contribution in [0.2, 0.25) is 0 Å². The molecular formula is C41H34N6O4. The van der Waals surface area contributed by atoms with Crippen molar-refractivity contribution in [3.8, 4) is 5.69 Å². The fraction of sp³-hybridized carbons (Fsp3) is 0.0488. The summed E-state index contributed by atoms with van der Waals surface area (Å²) in [5.41, 5.74) is 8.50. The molecule has 0 atom stereocenters. The van der Waals surface area contributed by atoms with Gasteiger partial charge in [0.15, 0.2) is 0 Å². The van der Waals surface area contributed by atoms with E-state index in [1.807, 2.05) is 97.3 Å². The Morgan fingerprint density at radius 1 is 0.627 bits per heavy atom. The minimum atomic E-state index is -0.436. The number of aromatic nitrogens is 2. The molecule has 7 aromatic rings. The number of aryl methyl sites for hydroxylation is 2. The average molecular weight is 675 g/mol. The molecule has 1 heterocycles. The van der Waals surface area contributed by atoms with Crippen molar-refractivity contribution < 1.29 is 14.5 Å². The molecule has 0 saturated carbocycles. The summed E-state index contributed by atoms with van der Waals surface area (Å²) in [5.74, 6) is -0.326. The molecule has 6 aromatic carbocycles. The number of nitro benzene ring substituents is 1. The number of hydrogen-bond donors (Lipinski definition) is 3. The lowest BCUT2D eigenvalue weighted by Gasteiger charge is -2.12. The fourth-order valence-corrected chi connectivity index (χ4v) is 5.36.